The highest BCUT2D eigenvalue weighted by molar-refractivity contribution is 7.50. The van der Waals surface area contributed by atoms with Gasteiger partial charge in [-0.25, -0.2) is 9.48 Å². The van der Waals surface area contributed by atoms with Crippen molar-refractivity contribution >= 4 is 7.60 Å². The minimum atomic E-state index is -4.23. The van der Waals surface area contributed by atoms with Gasteiger partial charge in [0.05, 0.1) is 12.7 Å². The van der Waals surface area contributed by atoms with Gasteiger partial charge in [0.2, 0.25) is 0 Å². The summed E-state index contributed by atoms with van der Waals surface area (Å²) in [7, 11) is -4.23. The molecule has 10 nitrogen and oxygen atoms in total. The molecule has 19 heavy (non-hydrogen) atoms. The third kappa shape index (κ3) is 3.71. The first-order valence-corrected chi connectivity index (χ1v) is 6.86. The topological polar surface area (TPSA) is 143 Å². The Labute approximate surface area is 105 Å². The molecule has 0 aliphatic rings. The zero-order valence-corrected chi connectivity index (χ0v) is 10.4. The quantitative estimate of drug-likeness (QED) is 0.569. The lowest BCUT2D eigenvalue weighted by Gasteiger charge is -2.02. The van der Waals surface area contributed by atoms with E-state index in [1.54, 1.807) is 0 Å². The Bertz CT molecular complexity index is 740. The van der Waals surface area contributed by atoms with Crippen molar-refractivity contribution in [1.82, 2.24) is 24.5 Å². The maximum atomic E-state index is 11.4. The first-order chi connectivity index (χ1) is 8.83. The Morgan fingerprint density at radius 1 is 1.37 bits per heavy atom. The van der Waals surface area contributed by atoms with Crippen molar-refractivity contribution in [3.63, 3.8) is 0 Å². The molecule has 0 aliphatic carbocycles. The normalized spacial score (nSPS) is 11.7. The van der Waals surface area contributed by atoms with Crippen molar-refractivity contribution < 1.29 is 14.4 Å². The summed E-state index contributed by atoms with van der Waals surface area (Å²) >= 11 is 0. The molecule has 102 valence electrons. The molecule has 2 rings (SSSR count). The summed E-state index contributed by atoms with van der Waals surface area (Å²) in [4.78, 5) is 41.9. The lowest BCUT2D eigenvalue weighted by molar-refractivity contribution is 0.358. The average molecular weight is 287 g/mol. The predicted molar refractivity (Wildman–Crippen MR) is 62.5 cm³/mol. The molecular formula is C8H10N5O5P. The van der Waals surface area contributed by atoms with Crippen LogP contribution in [0.4, 0.5) is 0 Å². The summed E-state index contributed by atoms with van der Waals surface area (Å²) in [5, 5.41) is 7.21. The van der Waals surface area contributed by atoms with Crippen molar-refractivity contribution in [3.05, 3.63) is 45.0 Å². The number of rotatable bonds is 4. The molecule has 0 fully saturated rings. The minimum absolute atomic E-state index is 0.0385. The van der Waals surface area contributed by atoms with Crippen LogP contribution in [0.1, 0.15) is 5.69 Å². The Morgan fingerprint density at radius 2 is 2.11 bits per heavy atom. The van der Waals surface area contributed by atoms with Gasteiger partial charge in [0.1, 0.15) is 12.0 Å². The van der Waals surface area contributed by atoms with Crippen molar-refractivity contribution in [3.8, 4) is 0 Å². The largest absolute Gasteiger partial charge is 0.346 e. The van der Waals surface area contributed by atoms with Gasteiger partial charge in [-0.15, -0.1) is 5.10 Å². The maximum absolute atomic E-state index is 11.4. The van der Waals surface area contributed by atoms with E-state index in [1.807, 2.05) is 0 Å². The molecule has 2 aromatic rings. The molecule has 0 amide bonds. The van der Waals surface area contributed by atoms with Gasteiger partial charge in [-0.05, 0) is 0 Å². The fraction of sp³-hybridized carbons (Fsp3) is 0.250. The molecule has 0 saturated carbocycles. The predicted octanol–water partition coefficient (Wildman–Crippen LogP) is -1.69. The number of hydrogen-bond donors (Lipinski definition) is 3. The Kier molecular flexibility index (Phi) is 3.47. The lowest BCUT2D eigenvalue weighted by atomic mass is 10.4. The van der Waals surface area contributed by atoms with Gasteiger partial charge < -0.3 is 9.79 Å². The highest BCUT2D eigenvalue weighted by Crippen LogP contribution is 2.35. The van der Waals surface area contributed by atoms with Crippen molar-refractivity contribution in [2.24, 2.45) is 0 Å². The van der Waals surface area contributed by atoms with E-state index in [2.05, 4.69) is 15.3 Å². The Balaban J connectivity index is 2.18. The third-order valence-electron chi connectivity index (χ3n) is 2.14. The molecule has 0 bridgehead atoms. The zero-order valence-electron chi connectivity index (χ0n) is 9.50. The van der Waals surface area contributed by atoms with Crippen LogP contribution < -0.4 is 11.2 Å². The molecule has 0 unspecified atom stereocenters. The number of nitrogens with zero attached hydrogens (tertiary/aromatic N) is 4. The molecule has 3 N–H and O–H groups in total. The number of H-pyrrole nitrogens is 1. The van der Waals surface area contributed by atoms with E-state index >= 15 is 0 Å². The summed E-state index contributed by atoms with van der Waals surface area (Å²) in [5.41, 5.74) is -0.772. The van der Waals surface area contributed by atoms with Gasteiger partial charge in [0.25, 0.3) is 5.56 Å². The highest BCUT2D eigenvalue weighted by Gasteiger charge is 2.15. The van der Waals surface area contributed by atoms with Gasteiger partial charge in [-0.3, -0.25) is 18.9 Å². The van der Waals surface area contributed by atoms with Gasteiger partial charge in [-0.1, -0.05) is 5.21 Å². The molecular weight excluding hydrogens is 277 g/mol. The summed E-state index contributed by atoms with van der Waals surface area (Å²) < 4.78 is 13.0. The molecule has 2 aromatic heterocycles. The average Bonchev–Trinajstić information content (AvgIpc) is 2.67. The van der Waals surface area contributed by atoms with Crippen LogP contribution in [0.5, 0.6) is 0 Å². The smallest absolute Gasteiger partial charge is 0.323 e. The summed E-state index contributed by atoms with van der Waals surface area (Å²) in [6, 6.07) is 1.18. The fourth-order valence-corrected chi connectivity index (χ4v) is 1.93. The molecule has 11 heteroatoms. The van der Waals surface area contributed by atoms with E-state index in [-0.39, 0.29) is 6.54 Å². The number of aromatic amines is 1. The van der Waals surface area contributed by atoms with Gasteiger partial charge in [-0.2, -0.15) is 0 Å². The second kappa shape index (κ2) is 4.92. The van der Waals surface area contributed by atoms with E-state index in [9.17, 15) is 14.2 Å². The van der Waals surface area contributed by atoms with Crippen LogP contribution in [0, 0.1) is 0 Å². The van der Waals surface area contributed by atoms with E-state index < -0.39 is 25.1 Å². The minimum Gasteiger partial charge on any atom is -0.323 e. The van der Waals surface area contributed by atoms with Gasteiger partial charge in [0, 0.05) is 12.3 Å². The summed E-state index contributed by atoms with van der Waals surface area (Å²) in [6.07, 6.45) is 2.03. The second-order valence-electron chi connectivity index (χ2n) is 3.79. The van der Waals surface area contributed by atoms with Crippen molar-refractivity contribution in [1.29, 1.82) is 0 Å². The fourth-order valence-electron chi connectivity index (χ4n) is 1.41. The highest BCUT2D eigenvalue weighted by atomic mass is 31.2. The third-order valence-corrected chi connectivity index (χ3v) is 2.80. The van der Waals surface area contributed by atoms with Crippen LogP contribution in [0.25, 0.3) is 0 Å². The maximum Gasteiger partial charge on any atom is 0.346 e. The van der Waals surface area contributed by atoms with E-state index in [4.69, 9.17) is 9.79 Å². The Hall–Kier alpha value is -2.03. The monoisotopic (exact) mass is 287 g/mol. The molecule has 0 aliphatic heterocycles. The van der Waals surface area contributed by atoms with Crippen molar-refractivity contribution in [2.45, 2.75) is 12.8 Å². The molecule has 0 spiro atoms. The summed E-state index contributed by atoms with van der Waals surface area (Å²) in [5.74, 6) is 0. The molecule has 2 heterocycles. The first kappa shape index (κ1) is 13.4. The van der Waals surface area contributed by atoms with Gasteiger partial charge >= 0.3 is 13.3 Å². The SMILES string of the molecule is O=c1ccn(Cc2cn(CP(=O)(O)O)nn2)c(=O)[nH]1. The number of nitrogens with one attached hydrogen (secondary N) is 1. The van der Waals surface area contributed by atoms with Crippen LogP contribution in [-0.4, -0.2) is 34.3 Å². The standard InChI is InChI=1S/C8H10N5O5P/c14-7-1-2-12(8(15)9-7)3-6-4-13(11-10-6)5-19(16,17)18/h1-2,4H,3,5H2,(H,9,14,15)(H2,16,17,18). The zero-order chi connectivity index (χ0) is 14.0. The molecule has 0 aromatic carbocycles. The van der Waals surface area contributed by atoms with E-state index in [0.29, 0.717) is 5.69 Å². The number of hydrogen-bond acceptors (Lipinski definition) is 5. The van der Waals surface area contributed by atoms with Crippen LogP contribution in [0.15, 0.2) is 28.0 Å². The Morgan fingerprint density at radius 3 is 2.74 bits per heavy atom. The molecule has 0 saturated heterocycles. The van der Waals surface area contributed by atoms with E-state index in [0.717, 1.165) is 4.68 Å². The van der Waals surface area contributed by atoms with Crippen LogP contribution in [0.3, 0.4) is 0 Å². The van der Waals surface area contributed by atoms with E-state index in [1.165, 1.54) is 23.0 Å². The molecule has 0 radical (unpaired) electrons. The summed E-state index contributed by atoms with van der Waals surface area (Å²) in [6.45, 7) is 0.0385. The molecule has 0 atom stereocenters. The first-order valence-electron chi connectivity index (χ1n) is 5.07. The van der Waals surface area contributed by atoms with Crippen LogP contribution >= 0.6 is 7.60 Å². The van der Waals surface area contributed by atoms with Gasteiger partial charge in [0.15, 0.2) is 0 Å². The van der Waals surface area contributed by atoms with Crippen molar-refractivity contribution in [2.75, 3.05) is 0 Å². The lowest BCUT2D eigenvalue weighted by Crippen LogP contribution is -2.28. The second-order valence-corrected chi connectivity index (χ2v) is 5.41. The van der Waals surface area contributed by atoms with Crippen LogP contribution in [-0.2, 0) is 17.4 Å². The number of aromatic nitrogens is 5. The van der Waals surface area contributed by atoms with Crippen LogP contribution in [0.2, 0.25) is 0 Å².